The Balaban J connectivity index is 2.56. The number of rotatable bonds is 4. The van der Waals surface area contributed by atoms with Crippen molar-refractivity contribution in [2.45, 2.75) is 19.3 Å². The first kappa shape index (κ1) is 13.4. The minimum absolute atomic E-state index is 0.410. The maximum Gasteiger partial charge on any atom is 0.122 e. The Kier molecular flexibility index (Phi) is 4.25. The second-order valence-corrected chi connectivity index (χ2v) is 5.48. The van der Waals surface area contributed by atoms with Gasteiger partial charge in [-0.3, -0.25) is 0 Å². The Labute approximate surface area is 116 Å². The average molecular weight is 308 g/mol. The summed E-state index contributed by atoms with van der Waals surface area (Å²) in [6, 6.07) is 10.6. The van der Waals surface area contributed by atoms with Crippen molar-refractivity contribution in [3.8, 4) is 5.75 Å². The zero-order valence-electron chi connectivity index (χ0n) is 10.7. The lowest BCUT2D eigenvalue weighted by molar-refractivity contribution is 0.406. The van der Waals surface area contributed by atoms with Crippen molar-refractivity contribution < 1.29 is 4.74 Å². The molecule has 2 nitrogen and oxygen atoms in total. The van der Waals surface area contributed by atoms with Crippen LogP contribution in [0.4, 0.5) is 0 Å². The van der Waals surface area contributed by atoms with Crippen LogP contribution in [0.15, 0.2) is 34.8 Å². The smallest absolute Gasteiger partial charge is 0.122 e. The summed E-state index contributed by atoms with van der Waals surface area (Å²) >= 11 is 3.51. The summed E-state index contributed by atoms with van der Waals surface area (Å²) < 4.78 is 6.59. The fraction of sp³-hybridized carbons (Fsp3) is 0.333. The molecule has 2 aromatic carbocycles. The van der Waals surface area contributed by atoms with E-state index in [0.29, 0.717) is 12.5 Å². The van der Waals surface area contributed by atoms with Gasteiger partial charge in [-0.05, 0) is 59.5 Å². The summed E-state index contributed by atoms with van der Waals surface area (Å²) in [6.07, 6.45) is 0.968. The van der Waals surface area contributed by atoms with E-state index >= 15 is 0 Å². The molecule has 2 N–H and O–H groups in total. The molecule has 0 aliphatic heterocycles. The predicted molar refractivity (Wildman–Crippen MR) is 80.3 cm³/mol. The SMILES string of the molecule is COc1cc2ccc(Br)cc2cc1C(C)CCN. The van der Waals surface area contributed by atoms with Crippen LogP contribution >= 0.6 is 15.9 Å². The van der Waals surface area contributed by atoms with Crippen molar-refractivity contribution in [3.05, 3.63) is 40.4 Å². The molecule has 2 aromatic rings. The Bertz CT molecular complexity index is 553. The molecule has 0 bridgehead atoms. The number of ether oxygens (including phenoxy) is 1. The Morgan fingerprint density at radius 2 is 2.00 bits per heavy atom. The van der Waals surface area contributed by atoms with Crippen molar-refractivity contribution in [3.63, 3.8) is 0 Å². The summed E-state index contributed by atoms with van der Waals surface area (Å²) in [7, 11) is 1.72. The van der Waals surface area contributed by atoms with Crippen LogP contribution in [-0.4, -0.2) is 13.7 Å². The third-order valence-corrected chi connectivity index (χ3v) is 3.77. The van der Waals surface area contributed by atoms with Crippen molar-refractivity contribution in [2.75, 3.05) is 13.7 Å². The maximum atomic E-state index is 5.65. The number of methoxy groups -OCH3 is 1. The number of benzene rings is 2. The first-order chi connectivity index (χ1) is 8.65. The zero-order valence-corrected chi connectivity index (χ0v) is 12.3. The van der Waals surface area contributed by atoms with E-state index in [2.05, 4.69) is 47.1 Å². The van der Waals surface area contributed by atoms with Crippen LogP contribution in [0.2, 0.25) is 0 Å². The first-order valence-corrected chi connectivity index (χ1v) is 6.92. The van der Waals surface area contributed by atoms with Gasteiger partial charge < -0.3 is 10.5 Å². The second kappa shape index (κ2) is 5.72. The summed E-state index contributed by atoms with van der Waals surface area (Å²) in [5.41, 5.74) is 6.88. The molecule has 2 rings (SSSR count). The van der Waals surface area contributed by atoms with Crippen molar-refractivity contribution in [1.82, 2.24) is 0 Å². The van der Waals surface area contributed by atoms with Gasteiger partial charge >= 0.3 is 0 Å². The first-order valence-electron chi connectivity index (χ1n) is 6.13. The number of fused-ring (bicyclic) bond motifs is 1. The van der Waals surface area contributed by atoms with Crippen molar-refractivity contribution >= 4 is 26.7 Å². The Morgan fingerprint density at radius 1 is 1.22 bits per heavy atom. The molecular weight excluding hydrogens is 290 g/mol. The number of hydrogen-bond donors (Lipinski definition) is 1. The third kappa shape index (κ3) is 2.68. The molecule has 18 heavy (non-hydrogen) atoms. The minimum Gasteiger partial charge on any atom is -0.496 e. The van der Waals surface area contributed by atoms with Gasteiger partial charge in [0.15, 0.2) is 0 Å². The number of halogens is 1. The van der Waals surface area contributed by atoms with Crippen LogP contribution < -0.4 is 10.5 Å². The molecule has 0 aliphatic carbocycles. The van der Waals surface area contributed by atoms with E-state index in [-0.39, 0.29) is 0 Å². The molecule has 0 heterocycles. The molecule has 0 spiro atoms. The maximum absolute atomic E-state index is 5.65. The molecule has 3 heteroatoms. The molecule has 96 valence electrons. The minimum atomic E-state index is 0.410. The Morgan fingerprint density at radius 3 is 2.67 bits per heavy atom. The van der Waals surface area contributed by atoms with Gasteiger partial charge in [-0.2, -0.15) is 0 Å². The summed E-state index contributed by atoms with van der Waals surface area (Å²) in [4.78, 5) is 0. The molecule has 0 saturated carbocycles. The van der Waals surface area contributed by atoms with Gasteiger partial charge in [-0.25, -0.2) is 0 Å². The molecule has 0 saturated heterocycles. The van der Waals surface area contributed by atoms with Gasteiger partial charge in [0.25, 0.3) is 0 Å². The van der Waals surface area contributed by atoms with E-state index in [9.17, 15) is 0 Å². The summed E-state index contributed by atoms with van der Waals surface area (Å²) in [5, 5.41) is 2.42. The highest BCUT2D eigenvalue weighted by Gasteiger charge is 2.12. The highest BCUT2D eigenvalue weighted by molar-refractivity contribution is 9.10. The average Bonchev–Trinajstić information content (AvgIpc) is 2.37. The highest BCUT2D eigenvalue weighted by Crippen LogP contribution is 2.33. The summed E-state index contributed by atoms with van der Waals surface area (Å²) in [6.45, 7) is 2.88. The van der Waals surface area contributed by atoms with Crippen LogP contribution in [0.3, 0.4) is 0 Å². The lowest BCUT2D eigenvalue weighted by atomic mass is 9.94. The van der Waals surface area contributed by atoms with Crippen LogP contribution in [0.25, 0.3) is 10.8 Å². The molecule has 1 atom stereocenters. The molecule has 1 unspecified atom stereocenters. The molecule has 0 radical (unpaired) electrons. The van der Waals surface area contributed by atoms with Gasteiger partial charge in [0.1, 0.15) is 5.75 Å². The van der Waals surface area contributed by atoms with E-state index in [0.717, 1.165) is 16.6 Å². The molecule has 0 amide bonds. The van der Waals surface area contributed by atoms with Gasteiger partial charge in [0.2, 0.25) is 0 Å². The predicted octanol–water partition coefficient (Wildman–Crippen LogP) is 4.06. The highest BCUT2D eigenvalue weighted by atomic mass is 79.9. The van der Waals surface area contributed by atoms with E-state index in [1.165, 1.54) is 16.3 Å². The summed E-state index contributed by atoms with van der Waals surface area (Å²) in [5.74, 6) is 1.36. The largest absolute Gasteiger partial charge is 0.496 e. The molecule has 0 fully saturated rings. The van der Waals surface area contributed by atoms with Crippen molar-refractivity contribution in [1.29, 1.82) is 0 Å². The van der Waals surface area contributed by atoms with Gasteiger partial charge in [-0.15, -0.1) is 0 Å². The zero-order chi connectivity index (χ0) is 13.1. The lowest BCUT2D eigenvalue weighted by Crippen LogP contribution is -2.05. The molecule has 0 aromatic heterocycles. The van der Waals surface area contributed by atoms with E-state index < -0.39 is 0 Å². The van der Waals surface area contributed by atoms with Crippen LogP contribution in [0.5, 0.6) is 5.75 Å². The van der Waals surface area contributed by atoms with E-state index in [4.69, 9.17) is 10.5 Å². The fourth-order valence-electron chi connectivity index (χ4n) is 2.23. The van der Waals surface area contributed by atoms with Gasteiger partial charge in [-0.1, -0.05) is 28.9 Å². The van der Waals surface area contributed by atoms with Crippen molar-refractivity contribution in [2.24, 2.45) is 5.73 Å². The topological polar surface area (TPSA) is 35.2 Å². The number of nitrogens with two attached hydrogens (primary N) is 1. The number of hydrogen-bond acceptors (Lipinski definition) is 2. The fourth-order valence-corrected chi connectivity index (χ4v) is 2.61. The monoisotopic (exact) mass is 307 g/mol. The van der Waals surface area contributed by atoms with Gasteiger partial charge in [0.05, 0.1) is 7.11 Å². The second-order valence-electron chi connectivity index (χ2n) is 4.56. The standard InChI is InChI=1S/C15H18BrNO/c1-10(5-6-17)14-8-12-7-13(16)4-3-11(12)9-15(14)18-2/h3-4,7-10H,5-6,17H2,1-2H3. The van der Waals surface area contributed by atoms with Gasteiger partial charge in [0, 0.05) is 4.47 Å². The molecular formula is C15H18BrNO. The quantitative estimate of drug-likeness (QED) is 0.924. The van der Waals surface area contributed by atoms with Crippen LogP contribution in [0.1, 0.15) is 24.8 Å². The van der Waals surface area contributed by atoms with Crippen LogP contribution in [-0.2, 0) is 0 Å². The van der Waals surface area contributed by atoms with E-state index in [1.54, 1.807) is 7.11 Å². The lowest BCUT2D eigenvalue weighted by Gasteiger charge is -2.16. The Hall–Kier alpha value is -1.06. The molecule has 0 aliphatic rings. The normalized spacial score (nSPS) is 12.7. The van der Waals surface area contributed by atoms with E-state index in [1.807, 2.05) is 6.07 Å². The van der Waals surface area contributed by atoms with Crippen LogP contribution in [0, 0.1) is 0 Å². The third-order valence-electron chi connectivity index (χ3n) is 3.28.